The van der Waals surface area contributed by atoms with Gasteiger partial charge in [-0.25, -0.2) is 0 Å². The summed E-state index contributed by atoms with van der Waals surface area (Å²) in [5.74, 6) is 0. The van der Waals surface area contributed by atoms with Crippen molar-refractivity contribution in [1.82, 2.24) is 0 Å². The molecule has 0 saturated carbocycles. The van der Waals surface area contributed by atoms with E-state index in [4.69, 9.17) is 11.6 Å². The Labute approximate surface area is 84.5 Å². The lowest BCUT2D eigenvalue weighted by Crippen LogP contribution is -1.97. The van der Waals surface area contributed by atoms with Gasteiger partial charge in [0.05, 0.1) is 5.38 Å². The minimum absolute atomic E-state index is 0.167. The zero-order chi connectivity index (χ0) is 9.68. The van der Waals surface area contributed by atoms with E-state index < -0.39 is 0 Å². The van der Waals surface area contributed by atoms with Crippen molar-refractivity contribution in [1.29, 1.82) is 0 Å². The summed E-state index contributed by atoms with van der Waals surface area (Å²) in [4.78, 5) is 0. The van der Waals surface area contributed by atoms with E-state index in [0.717, 1.165) is 11.1 Å². The van der Waals surface area contributed by atoms with Gasteiger partial charge in [0.1, 0.15) is 0 Å². The molecule has 0 fully saturated rings. The molecule has 0 spiro atoms. The van der Waals surface area contributed by atoms with Crippen molar-refractivity contribution in [2.24, 2.45) is 0 Å². The Morgan fingerprint density at radius 3 is 2.38 bits per heavy atom. The molecule has 1 aromatic carbocycles. The van der Waals surface area contributed by atoms with Crippen molar-refractivity contribution < 1.29 is 0 Å². The van der Waals surface area contributed by atoms with E-state index in [0.29, 0.717) is 0 Å². The summed E-state index contributed by atoms with van der Waals surface area (Å²) in [6.07, 6.45) is 3.47. The molecule has 0 amide bonds. The number of halogens is 1. The molecule has 0 heterocycles. The van der Waals surface area contributed by atoms with Crippen molar-refractivity contribution in [3.8, 4) is 0 Å². The van der Waals surface area contributed by atoms with E-state index in [2.05, 4.69) is 13.5 Å². The van der Waals surface area contributed by atoms with Crippen LogP contribution in [-0.4, -0.2) is 5.38 Å². The van der Waals surface area contributed by atoms with Gasteiger partial charge in [-0.3, -0.25) is 0 Å². The van der Waals surface area contributed by atoms with Gasteiger partial charge in [0.25, 0.3) is 0 Å². The highest BCUT2D eigenvalue weighted by molar-refractivity contribution is 6.27. The van der Waals surface area contributed by atoms with Crippen LogP contribution in [-0.2, 0) is 0 Å². The van der Waals surface area contributed by atoms with Gasteiger partial charge in [-0.15, -0.1) is 18.2 Å². The van der Waals surface area contributed by atoms with Crippen LogP contribution in [0.2, 0.25) is 0 Å². The van der Waals surface area contributed by atoms with Crippen molar-refractivity contribution in [2.45, 2.75) is 5.38 Å². The molecule has 67 valence electrons. The molecule has 0 aliphatic rings. The van der Waals surface area contributed by atoms with Gasteiger partial charge < -0.3 is 0 Å². The third kappa shape index (κ3) is 2.46. The van der Waals surface area contributed by atoms with Crippen molar-refractivity contribution in [2.75, 3.05) is 0 Å². The van der Waals surface area contributed by atoms with Gasteiger partial charge in [0.2, 0.25) is 0 Å². The van der Waals surface area contributed by atoms with Crippen LogP contribution < -0.4 is 0 Å². The third-order valence-corrected chi connectivity index (χ3v) is 2.24. The van der Waals surface area contributed by atoms with Crippen LogP contribution in [0.1, 0.15) is 5.56 Å². The fourth-order valence-electron chi connectivity index (χ4n) is 1.15. The van der Waals surface area contributed by atoms with Gasteiger partial charge in [-0.1, -0.05) is 42.5 Å². The maximum atomic E-state index is 6.04. The van der Waals surface area contributed by atoms with E-state index in [1.807, 2.05) is 30.3 Å². The molecular weight excluding hydrogens is 180 g/mol. The molecule has 1 rings (SSSR count). The summed E-state index contributed by atoms with van der Waals surface area (Å²) < 4.78 is 0. The summed E-state index contributed by atoms with van der Waals surface area (Å²) in [6.45, 7) is 7.39. The van der Waals surface area contributed by atoms with E-state index in [1.54, 1.807) is 12.2 Å². The third-order valence-electron chi connectivity index (χ3n) is 1.83. The zero-order valence-electron chi connectivity index (χ0n) is 7.41. The highest BCUT2D eigenvalue weighted by Crippen LogP contribution is 2.22. The van der Waals surface area contributed by atoms with Crippen LogP contribution in [0.4, 0.5) is 0 Å². The summed E-state index contributed by atoms with van der Waals surface area (Å²) in [5.41, 5.74) is 2.09. The minimum atomic E-state index is -0.167. The Morgan fingerprint density at radius 1 is 1.31 bits per heavy atom. The molecule has 0 aliphatic heterocycles. The van der Waals surface area contributed by atoms with Gasteiger partial charge >= 0.3 is 0 Å². The highest BCUT2D eigenvalue weighted by Gasteiger charge is 2.07. The molecule has 0 aliphatic carbocycles. The van der Waals surface area contributed by atoms with E-state index in [1.165, 1.54) is 0 Å². The monoisotopic (exact) mass is 191 g/mol. The molecule has 1 heteroatoms. The number of hydrogen-bond donors (Lipinski definition) is 0. The van der Waals surface area contributed by atoms with Crippen LogP contribution in [0.3, 0.4) is 0 Å². The molecule has 13 heavy (non-hydrogen) atoms. The van der Waals surface area contributed by atoms with Crippen LogP contribution in [0.5, 0.6) is 0 Å². The van der Waals surface area contributed by atoms with Crippen LogP contribution in [0.25, 0.3) is 5.57 Å². The van der Waals surface area contributed by atoms with Gasteiger partial charge in [0, 0.05) is 0 Å². The summed E-state index contributed by atoms with van der Waals surface area (Å²) in [6, 6.07) is 9.95. The molecule has 0 N–H and O–H groups in total. The molecule has 0 bridgehead atoms. The number of rotatable bonds is 3. The molecule has 1 atom stereocenters. The Morgan fingerprint density at radius 2 is 1.92 bits per heavy atom. The second kappa shape index (κ2) is 4.88. The Bertz CT molecular complexity index is 298. The predicted molar refractivity (Wildman–Crippen MR) is 59.6 cm³/mol. The van der Waals surface area contributed by atoms with Crippen LogP contribution in [0, 0.1) is 6.92 Å². The SMILES string of the molecule is [CH2]C=C(c1ccccc1)C(Cl)C=C. The van der Waals surface area contributed by atoms with Gasteiger partial charge in [-0.2, -0.15) is 0 Å². The van der Waals surface area contributed by atoms with Gasteiger partial charge in [0.15, 0.2) is 0 Å². The van der Waals surface area contributed by atoms with Crippen LogP contribution in [0.15, 0.2) is 49.1 Å². The average Bonchev–Trinajstić information content (AvgIpc) is 2.20. The minimum Gasteiger partial charge on any atom is -0.113 e. The molecule has 0 nitrogen and oxygen atoms in total. The lowest BCUT2D eigenvalue weighted by molar-refractivity contribution is 1.40. The van der Waals surface area contributed by atoms with E-state index in [-0.39, 0.29) is 5.38 Å². The largest absolute Gasteiger partial charge is 0.113 e. The summed E-state index contributed by atoms with van der Waals surface area (Å²) in [5, 5.41) is -0.167. The number of alkyl halides is 1. The molecule has 0 aromatic heterocycles. The van der Waals surface area contributed by atoms with Crippen molar-refractivity contribution in [3.63, 3.8) is 0 Å². The first-order valence-electron chi connectivity index (χ1n) is 4.11. The first kappa shape index (κ1) is 10.1. The highest BCUT2D eigenvalue weighted by atomic mass is 35.5. The smallest absolute Gasteiger partial charge is 0.0766 e. The fourth-order valence-corrected chi connectivity index (χ4v) is 1.36. The van der Waals surface area contributed by atoms with E-state index >= 15 is 0 Å². The predicted octanol–water partition coefficient (Wildman–Crippen LogP) is 3.70. The van der Waals surface area contributed by atoms with Crippen LogP contribution >= 0.6 is 11.6 Å². The summed E-state index contributed by atoms with van der Waals surface area (Å²) >= 11 is 6.04. The number of allylic oxidation sites excluding steroid dienone is 3. The molecule has 1 radical (unpaired) electrons. The lowest BCUT2D eigenvalue weighted by Gasteiger charge is -2.09. The first-order valence-corrected chi connectivity index (χ1v) is 4.54. The van der Waals surface area contributed by atoms with Crippen molar-refractivity contribution in [3.05, 3.63) is 61.5 Å². The standard InChI is InChI=1S/C12H12Cl/c1-3-11(12(13)4-2)10-8-6-5-7-9-10/h3-9,12H,1-2H2. The molecule has 0 saturated heterocycles. The fraction of sp³-hybridized carbons (Fsp3) is 0.0833. The van der Waals surface area contributed by atoms with Gasteiger partial charge in [-0.05, 0) is 18.1 Å². The average molecular weight is 192 g/mol. The second-order valence-corrected chi connectivity index (χ2v) is 3.13. The van der Waals surface area contributed by atoms with E-state index in [9.17, 15) is 0 Å². The zero-order valence-corrected chi connectivity index (χ0v) is 8.17. The van der Waals surface area contributed by atoms with Crippen molar-refractivity contribution >= 4 is 17.2 Å². The maximum absolute atomic E-state index is 6.04. The molecular formula is C12H12Cl. The Kier molecular flexibility index (Phi) is 3.78. The first-order chi connectivity index (χ1) is 6.29. The lowest BCUT2D eigenvalue weighted by atomic mass is 10.0. The Balaban J connectivity index is 2.99. The molecule has 1 aromatic rings. The topological polar surface area (TPSA) is 0 Å². The number of benzene rings is 1. The number of hydrogen-bond acceptors (Lipinski definition) is 0. The summed E-state index contributed by atoms with van der Waals surface area (Å²) in [7, 11) is 0. The Hall–Kier alpha value is -1.01. The maximum Gasteiger partial charge on any atom is 0.0766 e. The normalized spacial score (nSPS) is 13.8. The molecule has 1 unspecified atom stereocenters. The second-order valence-electron chi connectivity index (χ2n) is 2.66. The quantitative estimate of drug-likeness (QED) is 0.505.